The first-order valence-electron chi connectivity index (χ1n) is 7.76. The predicted octanol–water partition coefficient (Wildman–Crippen LogP) is 0.660. The van der Waals surface area contributed by atoms with Gasteiger partial charge in [0, 0.05) is 24.1 Å². The number of carbonyl (C=O) groups is 4. The van der Waals surface area contributed by atoms with Gasteiger partial charge in [-0.3, -0.25) is 24.5 Å². The first kappa shape index (κ1) is 22.4. The van der Waals surface area contributed by atoms with Gasteiger partial charge in [0.15, 0.2) is 5.78 Å². The fourth-order valence-corrected chi connectivity index (χ4v) is 2.26. The molecule has 0 radical (unpaired) electrons. The summed E-state index contributed by atoms with van der Waals surface area (Å²) < 4.78 is 0. The third-order valence-electron chi connectivity index (χ3n) is 3.28. The van der Waals surface area contributed by atoms with Gasteiger partial charge in [-0.2, -0.15) is 12.6 Å². The van der Waals surface area contributed by atoms with E-state index in [1.807, 2.05) is 0 Å². The van der Waals surface area contributed by atoms with Gasteiger partial charge in [-0.25, -0.2) is 0 Å². The van der Waals surface area contributed by atoms with Crippen LogP contribution >= 0.6 is 12.6 Å². The number of nitrogens with one attached hydrogen (secondary N) is 2. The minimum atomic E-state index is -1.06. The maximum atomic E-state index is 12.4. The van der Waals surface area contributed by atoms with Crippen LogP contribution < -0.4 is 10.6 Å². The number of hydrogen-bond donors (Lipinski definition) is 5. The number of carboxylic acid groups (broad SMARTS) is 2. The highest BCUT2D eigenvalue weighted by atomic mass is 32.1. The Morgan fingerprint density at radius 1 is 0.917 bits per heavy atom. The van der Waals surface area contributed by atoms with Crippen LogP contribution in [0.3, 0.4) is 0 Å². The lowest BCUT2D eigenvalue weighted by Gasteiger charge is -2.24. The van der Waals surface area contributed by atoms with Gasteiger partial charge < -0.3 is 15.5 Å². The third kappa shape index (κ3) is 9.51. The maximum Gasteiger partial charge on any atom is 0.303 e. The Kier molecular flexibility index (Phi) is 10.3. The number of Topliss-reactive ketones (excluding diaryl/α,β-unsaturated/α-hetero) is 1. The van der Waals surface area contributed by atoms with Gasteiger partial charge in [-0.1, -0.05) is 13.8 Å². The van der Waals surface area contributed by atoms with Crippen molar-refractivity contribution in [3.8, 4) is 0 Å². The van der Waals surface area contributed by atoms with Crippen LogP contribution in [-0.4, -0.2) is 51.3 Å². The van der Waals surface area contributed by atoms with Gasteiger partial charge in [0.25, 0.3) is 0 Å². The Bertz CT molecular complexity index is 467. The molecule has 24 heavy (non-hydrogen) atoms. The minimum Gasteiger partial charge on any atom is -0.481 e. The highest BCUT2D eigenvalue weighted by Gasteiger charge is 2.28. The molecule has 0 aliphatic rings. The third-order valence-corrected chi connectivity index (χ3v) is 3.43. The van der Waals surface area contributed by atoms with E-state index in [4.69, 9.17) is 10.2 Å². The zero-order valence-corrected chi connectivity index (χ0v) is 15.0. The van der Waals surface area contributed by atoms with Gasteiger partial charge >= 0.3 is 11.9 Å². The molecule has 9 heteroatoms. The van der Waals surface area contributed by atoms with Crippen LogP contribution in [0.15, 0.2) is 0 Å². The lowest BCUT2D eigenvalue weighted by molar-refractivity contribution is -0.139. The molecule has 0 aliphatic carbocycles. The summed E-state index contributed by atoms with van der Waals surface area (Å²) in [6, 6.07) is -1.75. The van der Waals surface area contributed by atoms with Gasteiger partial charge in [0.2, 0.25) is 5.91 Å². The standard InChI is InChI=1S/C15H26N2O6S/c1-8(2)14(22)10(4-6-12(18)19)17-15(23)11(16-9(3)24)5-7-13(20)21/h8-11,16,24H,4-7H2,1-3H3,(H,17,23)(H,18,19)(H,20,21)/t9?,10?,11-/m0/s1. The largest absolute Gasteiger partial charge is 0.481 e. The molecular formula is C15H26N2O6S. The molecular weight excluding hydrogens is 336 g/mol. The zero-order valence-electron chi connectivity index (χ0n) is 14.1. The van der Waals surface area contributed by atoms with Crippen LogP contribution in [0, 0.1) is 5.92 Å². The molecule has 8 nitrogen and oxygen atoms in total. The first-order chi connectivity index (χ1) is 11.0. The molecule has 0 spiro atoms. The molecule has 0 aromatic carbocycles. The summed E-state index contributed by atoms with van der Waals surface area (Å²) in [6.07, 6.45) is -0.448. The number of carboxylic acids is 2. The molecule has 0 heterocycles. The van der Waals surface area contributed by atoms with Crippen LogP contribution in [-0.2, 0) is 19.2 Å². The number of carbonyl (C=O) groups excluding carboxylic acids is 2. The average Bonchev–Trinajstić information content (AvgIpc) is 2.45. The van der Waals surface area contributed by atoms with Crippen molar-refractivity contribution in [3.63, 3.8) is 0 Å². The van der Waals surface area contributed by atoms with Crippen molar-refractivity contribution in [2.75, 3.05) is 0 Å². The topological polar surface area (TPSA) is 133 Å². The molecule has 0 fully saturated rings. The molecule has 0 saturated heterocycles. The smallest absolute Gasteiger partial charge is 0.303 e. The lowest BCUT2D eigenvalue weighted by atomic mass is 9.97. The van der Waals surface area contributed by atoms with Crippen molar-refractivity contribution in [1.82, 2.24) is 10.6 Å². The van der Waals surface area contributed by atoms with Crippen molar-refractivity contribution < 1.29 is 29.4 Å². The van der Waals surface area contributed by atoms with Crippen molar-refractivity contribution >= 4 is 36.3 Å². The summed E-state index contributed by atoms with van der Waals surface area (Å²) in [5.74, 6) is -3.27. The number of thiol groups is 1. The Morgan fingerprint density at radius 2 is 1.38 bits per heavy atom. The Morgan fingerprint density at radius 3 is 1.75 bits per heavy atom. The van der Waals surface area contributed by atoms with E-state index >= 15 is 0 Å². The quantitative estimate of drug-likeness (QED) is 0.254. The molecule has 0 rings (SSSR count). The van der Waals surface area contributed by atoms with Crippen molar-refractivity contribution in [1.29, 1.82) is 0 Å². The monoisotopic (exact) mass is 362 g/mol. The second-order valence-corrected chi connectivity index (χ2v) is 6.65. The van der Waals surface area contributed by atoms with E-state index in [2.05, 4.69) is 23.3 Å². The first-order valence-corrected chi connectivity index (χ1v) is 8.28. The van der Waals surface area contributed by atoms with Crippen molar-refractivity contribution in [3.05, 3.63) is 0 Å². The molecule has 1 amide bonds. The molecule has 138 valence electrons. The summed E-state index contributed by atoms with van der Waals surface area (Å²) in [5, 5.41) is 22.6. The molecule has 4 N–H and O–H groups in total. The normalized spacial score (nSPS) is 14.7. The highest BCUT2D eigenvalue weighted by molar-refractivity contribution is 7.80. The van der Waals surface area contributed by atoms with Crippen LogP contribution in [0.5, 0.6) is 0 Å². The van der Waals surface area contributed by atoms with Crippen LogP contribution in [0.25, 0.3) is 0 Å². The van der Waals surface area contributed by atoms with Crippen LogP contribution in [0.4, 0.5) is 0 Å². The predicted molar refractivity (Wildman–Crippen MR) is 90.9 cm³/mol. The summed E-state index contributed by atoms with van der Waals surface area (Å²) in [6.45, 7) is 5.02. The van der Waals surface area contributed by atoms with E-state index in [0.717, 1.165) is 0 Å². The highest BCUT2D eigenvalue weighted by Crippen LogP contribution is 2.09. The maximum absolute atomic E-state index is 12.4. The van der Waals surface area contributed by atoms with Crippen molar-refractivity contribution in [2.45, 2.75) is 63.9 Å². The second kappa shape index (κ2) is 11.0. The number of ketones is 1. The number of hydrogen-bond acceptors (Lipinski definition) is 6. The SMILES string of the molecule is CC(S)N[C@@H](CCC(=O)O)C(=O)NC(CCC(=O)O)C(=O)C(C)C. The van der Waals surface area contributed by atoms with Crippen molar-refractivity contribution in [2.24, 2.45) is 5.92 Å². The summed E-state index contributed by atoms with van der Waals surface area (Å²) in [5.41, 5.74) is 0. The molecule has 0 aromatic rings. The minimum absolute atomic E-state index is 0.0137. The van der Waals surface area contributed by atoms with Gasteiger partial charge in [-0.05, 0) is 19.8 Å². The van der Waals surface area contributed by atoms with Crippen LogP contribution in [0.1, 0.15) is 46.5 Å². The number of aliphatic carboxylic acids is 2. The molecule has 0 aliphatic heterocycles. The number of rotatable bonds is 12. The Balaban J connectivity index is 5.01. The van der Waals surface area contributed by atoms with Crippen LogP contribution in [0.2, 0.25) is 0 Å². The lowest BCUT2D eigenvalue weighted by Crippen LogP contribution is -2.52. The Hall–Kier alpha value is -1.61. The van der Waals surface area contributed by atoms with E-state index in [1.54, 1.807) is 20.8 Å². The van der Waals surface area contributed by atoms with Gasteiger partial charge in [0.05, 0.1) is 12.1 Å². The average molecular weight is 362 g/mol. The molecule has 0 aromatic heterocycles. The van der Waals surface area contributed by atoms with Gasteiger partial charge in [0.1, 0.15) is 0 Å². The van der Waals surface area contributed by atoms with E-state index in [-0.39, 0.29) is 42.8 Å². The molecule has 2 unspecified atom stereocenters. The van der Waals surface area contributed by atoms with E-state index < -0.39 is 29.9 Å². The molecule has 0 bridgehead atoms. The van der Waals surface area contributed by atoms with E-state index in [9.17, 15) is 19.2 Å². The summed E-state index contributed by atoms with van der Waals surface area (Å²) in [4.78, 5) is 46.0. The second-order valence-electron chi connectivity index (χ2n) is 5.88. The van der Waals surface area contributed by atoms with Gasteiger partial charge in [-0.15, -0.1) is 0 Å². The fourth-order valence-electron chi connectivity index (χ4n) is 2.08. The number of amides is 1. The summed E-state index contributed by atoms with van der Waals surface area (Å²) in [7, 11) is 0. The van der Waals surface area contributed by atoms with E-state index in [0.29, 0.717) is 0 Å². The summed E-state index contributed by atoms with van der Waals surface area (Å²) >= 11 is 4.13. The fraction of sp³-hybridized carbons (Fsp3) is 0.733. The molecule has 3 atom stereocenters. The van der Waals surface area contributed by atoms with E-state index in [1.165, 1.54) is 0 Å². The zero-order chi connectivity index (χ0) is 18.9. The molecule has 0 saturated carbocycles. The Labute approximate surface area is 146 Å².